The standard InChI is InChI=1S/C14H26N2O5/c1-10(2)8-11(13(18)19)9-15-14(20)16(3)7-5-6-12(17)21-4/h10-11H,5-9H2,1-4H3,(H,15,20)(H,18,19). The molecule has 0 heterocycles. The van der Waals surface area contributed by atoms with Crippen molar-refractivity contribution in [2.45, 2.75) is 33.1 Å². The van der Waals surface area contributed by atoms with Gasteiger partial charge in [0, 0.05) is 26.6 Å². The summed E-state index contributed by atoms with van der Waals surface area (Å²) in [6.07, 6.45) is 1.27. The van der Waals surface area contributed by atoms with Gasteiger partial charge in [-0.3, -0.25) is 9.59 Å². The Morgan fingerprint density at radius 2 is 1.90 bits per heavy atom. The number of esters is 1. The van der Waals surface area contributed by atoms with Crippen molar-refractivity contribution in [2.24, 2.45) is 11.8 Å². The van der Waals surface area contributed by atoms with E-state index in [2.05, 4.69) is 10.1 Å². The summed E-state index contributed by atoms with van der Waals surface area (Å²) >= 11 is 0. The first-order valence-electron chi connectivity index (χ1n) is 7.06. The number of carboxylic acids is 1. The number of methoxy groups -OCH3 is 1. The number of nitrogens with zero attached hydrogens (tertiary/aromatic N) is 1. The molecule has 0 saturated carbocycles. The highest BCUT2D eigenvalue weighted by atomic mass is 16.5. The first-order valence-corrected chi connectivity index (χ1v) is 7.06. The lowest BCUT2D eigenvalue weighted by atomic mass is 9.97. The summed E-state index contributed by atoms with van der Waals surface area (Å²) in [6, 6.07) is -0.338. The van der Waals surface area contributed by atoms with Gasteiger partial charge in [-0.05, 0) is 18.8 Å². The van der Waals surface area contributed by atoms with E-state index in [1.165, 1.54) is 12.0 Å². The Bertz CT molecular complexity index is 357. The van der Waals surface area contributed by atoms with Gasteiger partial charge in [0.25, 0.3) is 0 Å². The number of ether oxygens (including phenoxy) is 1. The first-order chi connectivity index (χ1) is 9.77. The fraction of sp³-hybridized carbons (Fsp3) is 0.786. The number of carboxylic acid groups (broad SMARTS) is 1. The molecule has 0 bridgehead atoms. The summed E-state index contributed by atoms with van der Waals surface area (Å²) in [7, 11) is 2.92. The maximum Gasteiger partial charge on any atom is 0.317 e. The smallest absolute Gasteiger partial charge is 0.317 e. The Labute approximate surface area is 125 Å². The first kappa shape index (κ1) is 19.2. The third-order valence-corrected chi connectivity index (χ3v) is 3.05. The Morgan fingerprint density at radius 1 is 1.29 bits per heavy atom. The molecule has 0 aliphatic heterocycles. The molecule has 7 heteroatoms. The number of rotatable bonds is 9. The number of aliphatic carboxylic acids is 1. The van der Waals surface area contributed by atoms with E-state index in [0.29, 0.717) is 19.4 Å². The van der Waals surface area contributed by atoms with Gasteiger partial charge in [-0.2, -0.15) is 0 Å². The number of hydrogen-bond donors (Lipinski definition) is 2. The third-order valence-electron chi connectivity index (χ3n) is 3.05. The molecule has 0 aliphatic carbocycles. The SMILES string of the molecule is COC(=O)CCCN(C)C(=O)NCC(CC(C)C)C(=O)O. The molecule has 122 valence electrons. The number of hydrogen-bond acceptors (Lipinski definition) is 4. The molecule has 21 heavy (non-hydrogen) atoms. The van der Waals surface area contributed by atoms with Gasteiger partial charge in [-0.25, -0.2) is 4.79 Å². The molecule has 1 atom stereocenters. The van der Waals surface area contributed by atoms with Crippen molar-refractivity contribution in [3.8, 4) is 0 Å². The van der Waals surface area contributed by atoms with Crippen molar-refractivity contribution < 1.29 is 24.2 Å². The average molecular weight is 302 g/mol. The van der Waals surface area contributed by atoms with Crippen molar-refractivity contribution in [3.63, 3.8) is 0 Å². The minimum Gasteiger partial charge on any atom is -0.481 e. The van der Waals surface area contributed by atoms with Gasteiger partial charge in [-0.1, -0.05) is 13.8 Å². The predicted octanol–water partition coefficient (Wildman–Crippen LogP) is 1.33. The molecule has 0 rings (SSSR count). The molecular weight excluding hydrogens is 276 g/mol. The normalized spacial score (nSPS) is 11.9. The minimum absolute atomic E-state index is 0.105. The van der Waals surface area contributed by atoms with Crippen LogP contribution in [0.4, 0.5) is 4.79 Å². The highest BCUT2D eigenvalue weighted by Crippen LogP contribution is 2.11. The van der Waals surface area contributed by atoms with Crippen molar-refractivity contribution in [1.82, 2.24) is 10.2 Å². The lowest BCUT2D eigenvalue weighted by molar-refractivity contribution is -0.142. The molecule has 0 aromatic rings. The van der Waals surface area contributed by atoms with E-state index in [1.807, 2.05) is 13.8 Å². The molecule has 2 amide bonds. The van der Waals surface area contributed by atoms with Gasteiger partial charge in [0.05, 0.1) is 13.0 Å². The highest BCUT2D eigenvalue weighted by molar-refractivity contribution is 5.76. The van der Waals surface area contributed by atoms with Crippen molar-refractivity contribution >= 4 is 18.0 Å². The molecule has 0 saturated heterocycles. The van der Waals surface area contributed by atoms with E-state index in [4.69, 9.17) is 5.11 Å². The maximum absolute atomic E-state index is 11.8. The minimum atomic E-state index is -0.905. The summed E-state index contributed by atoms with van der Waals surface area (Å²) < 4.78 is 4.51. The lowest BCUT2D eigenvalue weighted by Crippen LogP contribution is -2.41. The van der Waals surface area contributed by atoms with E-state index >= 15 is 0 Å². The predicted molar refractivity (Wildman–Crippen MR) is 77.9 cm³/mol. The van der Waals surface area contributed by atoms with E-state index in [9.17, 15) is 14.4 Å². The van der Waals surface area contributed by atoms with Gasteiger partial charge >= 0.3 is 18.0 Å². The van der Waals surface area contributed by atoms with E-state index < -0.39 is 11.9 Å². The summed E-state index contributed by atoms with van der Waals surface area (Å²) in [4.78, 5) is 35.3. The monoisotopic (exact) mass is 302 g/mol. The zero-order chi connectivity index (χ0) is 16.4. The molecule has 2 N–H and O–H groups in total. The fourth-order valence-electron chi connectivity index (χ4n) is 1.85. The van der Waals surface area contributed by atoms with Crippen LogP contribution in [0.1, 0.15) is 33.1 Å². The maximum atomic E-state index is 11.8. The Balaban J connectivity index is 4.10. The number of carbonyl (C=O) groups excluding carboxylic acids is 2. The Hall–Kier alpha value is -1.79. The molecule has 0 fully saturated rings. The topological polar surface area (TPSA) is 95.9 Å². The third kappa shape index (κ3) is 8.88. The largest absolute Gasteiger partial charge is 0.481 e. The van der Waals surface area contributed by atoms with Crippen LogP contribution in [0.15, 0.2) is 0 Å². The Morgan fingerprint density at radius 3 is 2.38 bits per heavy atom. The van der Waals surface area contributed by atoms with Gasteiger partial charge in [-0.15, -0.1) is 0 Å². The second kappa shape index (κ2) is 10.0. The van der Waals surface area contributed by atoms with Gasteiger partial charge in [0.15, 0.2) is 0 Å². The van der Waals surface area contributed by atoms with Crippen LogP contribution in [0.2, 0.25) is 0 Å². The van der Waals surface area contributed by atoms with Crippen LogP contribution in [0.5, 0.6) is 0 Å². The zero-order valence-electron chi connectivity index (χ0n) is 13.2. The average Bonchev–Trinajstić information content (AvgIpc) is 2.41. The van der Waals surface area contributed by atoms with E-state index in [-0.39, 0.29) is 30.9 Å². The highest BCUT2D eigenvalue weighted by Gasteiger charge is 2.20. The van der Waals surface area contributed by atoms with Gasteiger partial charge in [0.1, 0.15) is 0 Å². The quantitative estimate of drug-likeness (QED) is 0.626. The van der Waals surface area contributed by atoms with Crippen molar-refractivity contribution in [3.05, 3.63) is 0 Å². The number of nitrogens with one attached hydrogen (secondary N) is 1. The summed E-state index contributed by atoms with van der Waals surface area (Å²) in [5, 5.41) is 11.7. The summed E-state index contributed by atoms with van der Waals surface area (Å²) in [5.74, 6) is -1.55. The van der Waals surface area contributed by atoms with Crippen LogP contribution in [0, 0.1) is 11.8 Å². The lowest BCUT2D eigenvalue weighted by Gasteiger charge is -2.20. The fourth-order valence-corrected chi connectivity index (χ4v) is 1.85. The van der Waals surface area contributed by atoms with Crippen LogP contribution in [-0.4, -0.2) is 55.2 Å². The zero-order valence-corrected chi connectivity index (χ0v) is 13.2. The van der Waals surface area contributed by atoms with Crippen molar-refractivity contribution in [2.75, 3.05) is 27.2 Å². The van der Waals surface area contributed by atoms with Gasteiger partial charge < -0.3 is 20.1 Å². The second-order valence-corrected chi connectivity index (χ2v) is 5.45. The van der Waals surface area contributed by atoms with Crippen molar-refractivity contribution in [1.29, 1.82) is 0 Å². The number of amides is 2. The van der Waals surface area contributed by atoms with Gasteiger partial charge in [0.2, 0.25) is 0 Å². The summed E-state index contributed by atoms with van der Waals surface area (Å²) in [6.45, 7) is 4.39. The molecular formula is C14H26N2O5. The van der Waals surface area contributed by atoms with Crippen LogP contribution < -0.4 is 5.32 Å². The van der Waals surface area contributed by atoms with Crippen LogP contribution in [0.25, 0.3) is 0 Å². The molecule has 0 aromatic carbocycles. The molecule has 0 radical (unpaired) electrons. The van der Waals surface area contributed by atoms with E-state index in [0.717, 1.165) is 0 Å². The molecule has 1 unspecified atom stereocenters. The summed E-state index contributed by atoms with van der Waals surface area (Å²) in [5.41, 5.74) is 0. The second-order valence-electron chi connectivity index (χ2n) is 5.45. The Kier molecular flexibility index (Phi) is 9.16. The molecule has 0 spiro atoms. The van der Waals surface area contributed by atoms with Crippen LogP contribution in [-0.2, 0) is 14.3 Å². The van der Waals surface area contributed by atoms with Crippen LogP contribution in [0.3, 0.4) is 0 Å². The molecule has 0 aromatic heterocycles. The number of carbonyl (C=O) groups is 3. The molecule has 0 aliphatic rings. The van der Waals surface area contributed by atoms with E-state index in [1.54, 1.807) is 7.05 Å². The van der Waals surface area contributed by atoms with Crippen LogP contribution >= 0.6 is 0 Å². The molecule has 7 nitrogen and oxygen atoms in total. The number of urea groups is 1.